The van der Waals surface area contributed by atoms with Gasteiger partial charge in [-0.3, -0.25) is 5.10 Å². The normalized spacial score (nSPS) is 19.3. The van der Waals surface area contributed by atoms with Crippen molar-refractivity contribution in [2.24, 2.45) is 0 Å². The average Bonchev–Trinajstić information content (AvgIpc) is 3.16. The molecule has 0 aliphatic carbocycles. The third-order valence-electron chi connectivity index (χ3n) is 3.97. The van der Waals surface area contributed by atoms with Crippen LogP contribution in [0.1, 0.15) is 19.8 Å². The highest BCUT2D eigenvalue weighted by Gasteiger charge is 2.14. The van der Waals surface area contributed by atoms with Crippen LogP contribution < -0.4 is 4.74 Å². The van der Waals surface area contributed by atoms with Crippen molar-refractivity contribution in [3.63, 3.8) is 0 Å². The second-order valence-corrected chi connectivity index (χ2v) is 5.79. The Kier molecular flexibility index (Phi) is 3.70. The minimum absolute atomic E-state index is 0.104. The number of fused-ring (bicyclic) bond motifs is 4. The molecule has 1 aromatic carbocycles. The van der Waals surface area contributed by atoms with Crippen molar-refractivity contribution in [1.29, 1.82) is 0 Å². The summed E-state index contributed by atoms with van der Waals surface area (Å²) >= 11 is 0. The molecule has 1 N–H and O–H groups in total. The number of aromatic nitrogens is 5. The van der Waals surface area contributed by atoms with E-state index in [4.69, 9.17) is 9.47 Å². The van der Waals surface area contributed by atoms with Gasteiger partial charge in [0.2, 0.25) is 0 Å². The van der Waals surface area contributed by atoms with Crippen LogP contribution >= 0.6 is 0 Å². The van der Waals surface area contributed by atoms with Crippen LogP contribution in [0.3, 0.4) is 0 Å². The minimum Gasteiger partial charge on any atom is -0.491 e. The molecule has 1 aliphatic rings. The fourth-order valence-corrected chi connectivity index (χ4v) is 2.73. The molecule has 2 aromatic heterocycles. The highest BCUT2D eigenvalue weighted by Crippen LogP contribution is 2.28. The van der Waals surface area contributed by atoms with Gasteiger partial charge in [-0.2, -0.15) is 20.1 Å². The average molecular weight is 313 g/mol. The Labute approximate surface area is 133 Å². The zero-order valence-corrected chi connectivity index (χ0v) is 13.0. The summed E-state index contributed by atoms with van der Waals surface area (Å²) in [5.74, 6) is 0.829. The van der Waals surface area contributed by atoms with Gasteiger partial charge in [0.1, 0.15) is 17.1 Å². The van der Waals surface area contributed by atoms with Gasteiger partial charge in [0.15, 0.2) is 0 Å². The lowest BCUT2D eigenvalue weighted by Gasteiger charge is -2.15. The van der Waals surface area contributed by atoms with Crippen molar-refractivity contribution < 1.29 is 9.47 Å². The fraction of sp³-hybridized carbons (Fsp3) is 0.438. The molecule has 0 unspecified atom stereocenters. The van der Waals surface area contributed by atoms with Crippen molar-refractivity contribution in [3.05, 3.63) is 24.4 Å². The number of H-pyrrole nitrogens is 1. The summed E-state index contributed by atoms with van der Waals surface area (Å²) in [6, 6.07) is 5.94. The summed E-state index contributed by atoms with van der Waals surface area (Å²) in [6.07, 6.45) is 3.60. The van der Waals surface area contributed by atoms with E-state index in [1.807, 2.05) is 18.2 Å². The topological polar surface area (TPSA) is 77.9 Å². The Bertz CT molecular complexity index is 810. The Morgan fingerprint density at radius 1 is 1.30 bits per heavy atom. The Morgan fingerprint density at radius 3 is 3.22 bits per heavy atom. The van der Waals surface area contributed by atoms with Crippen LogP contribution in [0, 0.1) is 0 Å². The van der Waals surface area contributed by atoms with Gasteiger partial charge in [0.25, 0.3) is 0 Å². The van der Waals surface area contributed by atoms with Gasteiger partial charge >= 0.3 is 0 Å². The van der Waals surface area contributed by atoms with Crippen molar-refractivity contribution in [2.75, 3.05) is 13.2 Å². The number of hydrogen-bond donors (Lipinski definition) is 1. The van der Waals surface area contributed by atoms with E-state index >= 15 is 0 Å². The molecular weight excluding hydrogens is 294 g/mol. The van der Waals surface area contributed by atoms with Crippen LogP contribution in [0.5, 0.6) is 5.75 Å². The Hall–Kier alpha value is -2.41. The molecule has 3 heterocycles. The molecule has 1 aliphatic heterocycles. The molecule has 0 spiro atoms. The highest BCUT2D eigenvalue weighted by molar-refractivity contribution is 5.92. The molecular formula is C16H19N5O2. The molecule has 120 valence electrons. The largest absolute Gasteiger partial charge is 0.491 e. The van der Waals surface area contributed by atoms with Crippen molar-refractivity contribution >= 4 is 10.9 Å². The SMILES string of the molecule is C[C@@H]1CCOCCCn2ncc(n2)-c2n[nH]c3ccc(cc23)O1. The lowest BCUT2D eigenvalue weighted by atomic mass is 10.1. The first-order valence-electron chi connectivity index (χ1n) is 7.92. The smallest absolute Gasteiger partial charge is 0.133 e. The van der Waals surface area contributed by atoms with Crippen LogP contribution in [0.15, 0.2) is 24.4 Å². The molecule has 7 nitrogen and oxygen atoms in total. The number of ether oxygens (including phenoxy) is 2. The third kappa shape index (κ3) is 2.92. The van der Waals surface area contributed by atoms with Gasteiger partial charge in [-0.05, 0) is 31.5 Å². The Morgan fingerprint density at radius 2 is 2.26 bits per heavy atom. The summed E-state index contributed by atoms with van der Waals surface area (Å²) < 4.78 is 11.6. The van der Waals surface area contributed by atoms with Gasteiger partial charge in [-0.1, -0.05) is 0 Å². The Balaban J connectivity index is 1.76. The summed E-state index contributed by atoms with van der Waals surface area (Å²) in [5, 5.41) is 17.2. The minimum atomic E-state index is 0.104. The zero-order valence-electron chi connectivity index (χ0n) is 13.0. The summed E-state index contributed by atoms with van der Waals surface area (Å²) in [4.78, 5) is 1.70. The molecule has 23 heavy (non-hydrogen) atoms. The number of hydrogen-bond acceptors (Lipinski definition) is 5. The standard InChI is InChI=1S/C16H19N5O2/c1-11-5-8-22-7-2-6-21-17-10-15(20-21)16-13-9-12(23-11)3-4-14(13)18-19-16/h3-4,9-11H,2,5-8H2,1H3,(H,18,19)/t11-/m1/s1. The van der Waals surface area contributed by atoms with Crippen LogP contribution in [0.2, 0.25) is 0 Å². The van der Waals surface area contributed by atoms with E-state index in [1.165, 1.54) is 0 Å². The predicted molar refractivity (Wildman–Crippen MR) is 85.3 cm³/mol. The number of rotatable bonds is 0. The van der Waals surface area contributed by atoms with Crippen LogP contribution in [-0.4, -0.2) is 44.5 Å². The number of benzene rings is 1. The van der Waals surface area contributed by atoms with Gasteiger partial charge in [0, 0.05) is 18.4 Å². The molecule has 0 amide bonds. The molecule has 0 fully saturated rings. The number of aryl methyl sites for hydroxylation is 1. The zero-order chi connectivity index (χ0) is 15.6. The maximum absolute atomic E-state index is 5.99. The monoisotopic (exact) mass is 313 g/mol. The van der Waals surface area contributed by atoms with Gasteiger partial charge in [0.05, 0.1) is 31.0 Å². The number of aromatic amines is 1. The van der Waals surface area contributed by atoms with E-state index in [9.17, 15) is 0 Å². The van der Waals surface area contributed by atoms with E-state index in [0.29, 0.717) is 13.2 Å². The first kappa shape index (κ1) is 14.2. The molecule has 7 heteroatoms. The lowest BCUT2D eigenvalue weighted by molar-refractivity contribution is 0.0934. The second kappa shape index (κ2) is 6.00. The molecule has 1 atom stereocenters. The van der Waals surface area contributed by atoms with Crippen LogP contribution in [0.25, 0.3) is 22.3 Å². The number of nitrogens with zero attached hydrogens (tertiary/aromatic N) is 4. The molecule has 0 saturated carbocycles. The molecule has 4 bridgehead atoms. The first-order valence-corrected chi connectivity index (χ1v) is 7.92. The van der Waals surface area contributed by atoms with E-state index in [0.717, 1.165) is 47.4 Å². The fourth-order valence-electron chi connectivity index (χ4n) is 2.73. The lowest BCUT2D eigenvalue weighted by Crippen LogP contribution is -2.15. The van der Waals surface area contributed by atoms with E-state index in [2.05, 4.69) is 27.3 Å². The molecule has 0 saturated heterocycles. The van der Waals surface area contributed by atoms with E-state index in [1.54, 1.807) is 11.0 Å². The highest BCUT2D eigenvalue weighted by atomic mass is 16.5. The van der Waals surface area contributed by atoms with Crippen molar-refractivity contribution in [1.82, 2.24) is 25.2 Å². The van der Waals surface area contributed by atoms with E-state index < -0.39 is 0 Å². The first-order chi connectivity index (χ1) is 11.3. The summed E-state index contributed by atoms with van der Waals surface area (Å²) in [7, 11) is 0. The van der Waals surface area contributed by atoms with Gasteiger partial charge in [-0.25, -0.2) is 0 Å². The third-order valence-corrected chi connectivity index (χ3v) is 3.97. The van der Waals surface area contributed by atoms with Crippen LogP contribution in [0.4, 0.5) is 0 Å². The van der Waals surface area contributed by atoms with Gasteiger partial charge in [-0.15, -0.1) is 0 Å². The van der Waals surface area contributed by atoms with Crippen LogP contribution in [-0.2, 0) is 11.3 Å². The summed E-state index contributed by atoms with van der Waals surface area (Å²) in [5.41, 5.74) is 2.52. The molecule has 3 aromatic rings. The maximum atomic E-state index is 5.99. The number of nitrogens with one attached hydrogen (secondary N) is 1. The quantitative estimate of drug-likeness (QED) is 0.689. The molecule has 0 radical (unpaired) electrons. The van der Waals surface area contributed by atoms with Crippen molar-refractivity contribution in [2.45, 2.75) is 32.4 Å². The van der Waals surface area contributed by atoms with Crippen molar-refractivity contribution in [3.8, 4) is 17.1 Å². The molecule has 4 rings (SSSR count). The van der Waals surface area contributed by atoms with E-state index in [-0.39, 0.29) is 6.10 Å². The second-order valence-electron chi connectivity index (χ2n) is 5.79. The van der Waals surface area contributed by atoms with Gasteiger partial charge < -0.3 is 9.47 Å². The maximum Gasteiger partial charge on any atom is 0.133 e. The summed E-state index contributed by atoms with van der Waals surface area (Å²) in [6.45, 7) is 4.19. The predicted octanol–water partition coefficient (Wildman–Crippen LogP) is 2.40.